The predicted octanol–water partition coefficient (Wildman–Crippen LogP) is 3.97. The van der Waals surface area contributed by atoms with Gasteiger partial charge < -0.3 is 9.15 Å². The van der Waals surface area contributed by atoms with Crippen molar-refractivity contribution >= 4 is 0 Å². The van der Waals surface area contributed by atoms with E-state index >= 15 is 0 Å². The SMILES string of the molecule is c1ccc(CCCC2CN(C3CCN(Cc4ccco4)CC3)CCO2)cc1. The number of rotatable bonds is 7. The van der Waals surface area contributed by atoms with Gasteiger partial charge in [0, 0.05) is 32.2 Å². The Balaban J connectivity index is 1.18. The van der Waals surface area contributed by atoms with E-state index in [4.69, 9.17) is 9.15 Å². The van der Waals surface area contributed by atoms with Crippen molar-refractivity contribution in [2.24, 2.45) is 0 Å². The fraction of sp³-hybridized carbons (Fsp3) is 0.565. The maximum Gasteiger partial charge on any atom is 0.117 e. The third-order valence-electron chi connectivity index (χ3n) is 6.04. The molecule has 2 aliphatic rings. The number of likely N-dealkylation sites (tertiary alicyclic amines) is 1. The summed E-state index contributed by atoms with van der Waals surface area (Å²) in [6.07, 6.45) is 8.24. The lowest BCUT2D eigenvalue weighted by Gasteiger charge is -2.42. The predicted molar refractivity (Wildman–Crippen MR) is 108 cm³/mol. The van der Waals surface area contributed by atoms with Gasteiger partial charge in [0.15, 0.2) is 0 Å². The zero-order chi connectivity index (χ0) is 18.3. The van der Waals surface area contributed by atoms with Gasteiger partial charge in [0.1, 0.15) is 5.76 Å². The average Bonchev–Trinajstić information content (AvgIpc) is 3.23. The van der Waals surface area contributed by atoms with Crippen LogP contribution in [-0.4, -0.2) is 54.7 Å². The Kier molecular flexibility index (Phi) is 6.62. The van der Waals surface area contributed by atoms with E-state index in [9.17, 15) is 0 Å². The maximum atomic E-state index is 6.06. The number of hydrogen-bond acceptors (Lipinski definition) is 4. The molecule has 2 aromatic rings. The van der Waals surface area contributed by atoms with E-state index in [0.717, 1.165) is 44.5 Å². The van der Waals surface area contributed by atoms with Crippen molar-refractivity contribution in [3.05, 3.63) is 60.1 Å². The summed E-state index contributed by atoms with van der Waals surface area (Å²) >= 11 is 0. The first-order valence-corrected chi connectivity index (χ1v) is 10.5. The Morgan fingerprint density at radius 1 is 0.963 bits per heavy atom. The minimum atomic E-state index is 0.406. The molecule has 146 valence electrons. The summed E-state index contributed by atoms with van der Waals surface area (Å²) in [5, 5.41) is 0. The monoisotopic (exact) mass is 368 g/mol. The van der Waals surface area contributed by atoms with Crippen LogP contribution < -0.4 is 0 Å². The van der Waals surface area contributed by atoms with E-state index in [1.54, 1.807) is 6.26 Å². The van der Waals surface area contributed by atoms with Crippen molar-refractivity contribution < 1.29 is 9.15 Å². The van der Waals surface area contributed by atoms with E-state index in [0.29, 0.717) is 6.10 Å². The minimum Gasteiger partial charge on any atom is -0.468 e. The molecule has 1 unspecified atom stereocenters. The molecule has 1 aromatic carbocycles. The van der Waals surface area contributed by atoms with Crippen molar-refractivity contribution in [2.75, 3.05) is 32.8 Å². The van der Waals surface area contributed by atoms with Crippen LogP contribution in [0.15, 0.2) is 53.1 Å². The molecule has 0 saturated carbocycles. The number of morpholine rings is 1. The molecule has 27 heavy (non-hydrogen) atoms. The molecule has 0 amide bonds. The molecule has 4 nitrogen and oxygen atoms in total. The van der Waals surface area contributed by atoms with Gasteiger partial charge in [-0.2, -0.15) is 0 Å². The number of aryl methyl sites for hydroxylation is 1. The number of hydrogen-bond donors (Lipinski definition) is 0. The lowest BCUT2D eigenvalue weighted by atomic mass is 10.00. The van der Waals surface area contributed by atoms with Gasteiger partial charge in [0.2, 0.25) is 0 Å². The van der Waals surface area contributed by atoms with Gasteiger partial charge in [-0.05, 0) is 49.8 Å². The van der Waals surface area contributed by atoms with Gasteiger partial charge in [-0.15, -0.1) is 0 Å². The summed E-state index contributed by atoms with van der Waals surface area (Å²) in [5.74, 6) is 1.08. The summed E-state index contributed by atoms with van der Waals surface area (Å²) in [6, 6.07) is 15.6. The Labute approximate surface area is 163 Å². The van der Waals surface area contributed by atoms with Crippen molar-refractivity contribution in [3.63, 3.8) is 0 Å². The number of ether oxygens (including phenoxy) is 1. The summed E-state index contributed by atoms with van der Waals surface area (Å²) in [7, 11) is 0. The molecule has 0 aliphatic carbocycles. The molecule has 2 aliphatic heterocycles. The van der Waals surface area contributed by atoms with Crippen molar-refractivity contribution in [1.82, 2.24) is 9.80 Å². The van der Waals surface area contributed by atoms with Gasteiger partial charge in [0.05, 0.1) is 25.5 Å². The molecular weight excluding hydrogens is 336 g/mol. The van der Waals surface area contributed by atoms with Crippen LogP contribution in [0, 0.1) is 0 Å². The molecule has 1 atom stereocenters. The lowest BCUT2D eigenvalue weighted by Crippen LogP contribution is -2.51. The number of furan rings is 1. The highest BCUT2D eigenvalue weighted by Crippen LogP contribution is 2.22. The third-order valence-corrected chi connectivity index (χ3v) is 6.04. The van der Waals surface area contributed by atoms with Gasteiger partial charge in [0.25, 0.3) is 0 Å². The number of nitrogens with zero attached hydrogens (tertiary/aromatic N) is 2. The molecule has 1 aromatic heterocycles. The van der Waals surface area contributed by atoms with Crippen LogP contribution in [0.5, 0.6) is 0 Å². The van der Waals surface area contributed by atoms with Crippen LogP contribution in [-0.2, 0) is 17.7 Å². The Morgan fingerprint density at radius 3 is 2.59 bits per heavy atom. The van der Waals surface area contributed by atoms with Crippen molar-refractivity contribution in [1.29, 1.82) is 0 Å². The summed E-state index contributed by atoms with van der Waals surface area (Å²) in [4.78, 5) is 5.22. The van der Waals surface area contributed by atoms with Gasteiger partial charge >= 0.3 is 0 Å². The molecule has 0 bridgehead atoms. The second kappa shape index (κ2) is 9.54. The number of piperidine rings is 1. The summed E-state index contributed by atoms with van der Waals surface area (Å²) in [6.45, 7) is 6.38. The average molecular weight is 369 g/mol. The fourth-order valence-electron chi connectivity index (χ4n) is 4.49. The normalized spacial score (nSPS) is 22.9. The van der Waals surface area contributed by atoms with Gasteiger partial charge in [-0.1, -0.05) is 30.3 Å². The summed E-state index contributed by atoms with van der Waals surface area (Å²) < 4.78 is 11.6. The topological polar surface area (TPSA) is 28.9 Å². The Morgan fingerprint density at radius 2 is 1.81 bits per heavy atom. The highest BCUT2D eigenvalue weighted by Gasteiger charge is 2.29. The molecule has 0 spiro atoms. The van der Waals surface area contributed by atoms with Gasteiger partial charge in [-0.25, -0.2) is 0 Å². The highest BCUT2D eigenvalue weighted by molar-refractivity contribution is 5.14. The van der Waals surface area contributed by atoms with Crippen LogP contribution in [0.25, 0.3) is 0 Å². The Hall–Kier alpha value is -1.62. The first kappa shape index (κ1) is 18.7. The van der Waals surface area contributed by atoms with E-state index in [1.165, 1.54) is 44.3 Å². The molecular formula is C23H32N2O2. The molecule has 3 heterocycles. The molecule has 2 saturated heterocycles. The van der Waals surface area contributed by atoms with Crippen LogP contribution in [0.2, 0.25) is 0 Å². The molecule has 2 fully saturated rings. The first-order chi connectivity index (χ1) is 13.4. The molecule has 4 heteroatoms. The molecule has 4 rings (SSSR count). The minimum absolute atomic E-state index is 0.406. The van der Waals surface area contributed by atoms with Crippen molar-refractivity contribution in [2.45, 2.75) is 50.8 Å². The second-order valence-corrected chi connectivity index (χ2v) is 7.95. The van der Waals surface area contributed by atoms with Crippen LogP contribution in [0.4, 0.5) is 0 Å². The molecule has 0 N–H and O–H groups in total. The van der Waals surface area contributed by atoms with Crippen molar-refractivity contribution in [3.8, 4) is 0 Å². The molecule has 0 radical (unpaired) electrons. The van der Waals surface area contributed by atoms with E-state index in [1.807, 2.05) is 6.07 Å². The van der Waals surface area contributed by atoms with E-state index in [-0.39, 0.29) is 0 Å². The zero-order valence-corrected chi connectivity index (χ0v) is 16.3. The largest absolute Gasteiger partial charge is 0.468 e. The maximum absolute atomic E-state index is 6.06. The van der Waals surface area contributed by atoms with Crippen LogP contribution in [0.3, 0.4) is 0 Å². The first-order valence-electron chi connectivity index (χ1n) is 10.5. The Bertz CT molecular complexity index is 650. The standard InChI is InChI=1S/C23H32N2O2/c1-2-6-20(7-3-1)8-4-9-23-19-25(15-17-27-23)21-11-13-24(14-12-21)18-22-10-5-16-26-22/h1-3,5-7,10,16,21,23H,4,8-9,11-15,17-19H2. The second-order valence-electron chi connectivity index (χ2n) is 7.95. The summed E-state index contributed by atoms with van der Waals surface area (Å²) in [5.41, 5.74) is 1.44. The smallest absolute Gasteiger partial charge is 0.117 e. The third kappa shape index (κ3) is 5.44. The fourth-order valence-corrected chi connectivity index (χ4v) is 4.49. The number of benzene rings is 1. The highest BCUT2D eigenvalue weighted by atomic mass is 16.5. The lowest BCUT2D eigenvalue weighted by molar-refractivity contribution is -0.0557. The quantitative estimate of drug-likeness (QED) is 0.739. The zero-order valence-electron chi connectivity index (χ0n) is 16.3. The van der Waals surface area contributed by atoms with Crippen LogP contribution >= 0.6 is 0 Å². The van der Waals surface area contributed by atoms with E-state index in [2.05, 4.69) is 46.2 Å². The van der Waals surface area contributed by atoms with E-state index < -0.39 is 0 Å². The van der Waals surface area contributed by atoms with Gasteiger partial charge in [-0.3, -0.25) is 9.80 Å². The van der Waals surface area contributed by atoms with Crippen LogP contribution in [0.1, 0.15) is 37.0 Å².